The van der Waals surface area contributed by atoms with Crippen LogP contribution in [0.4, 0.5) is 5.69 Å². The fourth-order valence-electron chi connectivity index (χ4n) is 7.97. The van der Waals surface area contributed by atoms with E-state index in [9.17, 15) is 9.59 Å². The summed E-state index contributed by atoms with van der Waals surface area (Å²) in [5.41, 5.74) is 6.39. The normalized spacial score (nSPS) is 20.8. The Kier molecular flexibility index (Phi) is 9.45. The monoisotopic (exact) mass is 721 g/mol. The third-order valence-corrected chi connectivity index (χ3v) is 11.2. The van der Waals surface area contributed by atoms with Crippen LogP contribution in [0.2, 0.25) is 5.02 Å². The van der Waals surface area contributed by atoms with Crippen LogP contribution in [0.5, 0.6) is 11.5 Å². The van der Waals surface area contributed by atoms with E-state index in [0.29, 0.717) is 58.3 Å². The molecule has 2 aromatic carbocycles. The first kappa shape index (κ1) is 34.3. The molecule has 2 atom stereocenters. The number of likely N-dealkylation sites (N-methyl/N-ethyl adjacent to an activating group) is 1. The van der Waals surface area contributed by atoms with Crippen molar-refractivity contribution in [3.8, 4) is 22.9 Å². The van der Waals surface area contributed by atoms with Gasteiger partial charge in [-0.15, -0.1) is 0 Å². The molecule has 8 rings (SSSR count). The number of hydrogen-bond acceptors (Lipinski definition) is 9. The Labute approximate surface area is 308 Å². The van der Waals surface area contributed by atoms with Crippen molar-refractivity contribution in [2.45, 2.75) is 44.6 Å². The minimum atomic E-state index is -0.243. The maximum atomic E-state index is 12.3. The molecule has 3 saturated heterocycles. The summed E-state index contributed by atoms with van der Waals surface area (Å²) >= 11 is 6.60. The molecule has 5 aromatic rings. The minimum absolute atomic E-state index is 0.177. The number of amides is 2. The van der Waals surface area contributed by atoms with Crippen molar-refractivity contribution in [1.29, 1.82) is 0 Å². The van der Waals surface area contributed by atoms with E-state index in [0.717, 1.165) is 68.9 Å². The Morgan fingerprint density at radius 1 is 0.942 bits per heavy atom. The van der Waals surface area contributed by atoms with Crippen LogP contribution < -0.4 is 15.0 Å². The highest BCUT2D eigenvalue weighted by Crippen LogP contribution is 2.37. The molecule has 0 saturated carbocycles. The van der Waals surface area contributed by atoms with E-state index in [1.54, 1.807) is 10.9 Å². The number of halogens is 1. The molecular formula is C39H44ClN9O3. The lowest BCUT2D eigenvalue weighted by Gasteiger charge is -2.42. The van der Waals surface area contributed by atoms with Gasteiger partial charge in [0.05, 0.1) is 23.4 Å². The summed E-state index contributed by atoms with van der Waals surface area (Å²) in [5.74, 6) is 1.92. The molecule has 2 N–H and O–H groups in total. The number of anilines is 1. The Morgan fingerprint density at radius 2 is 1.69 bits per heavy atom. The summed E-state index contributed by atoms with van der Waals surface area (Å²) in [6.07, 6.45) is 6.79. The molecule has 2 amide bonds. The number of imidazole rings is 1. The van der Waals surface area contributed by atoms with Gasteiger partial charge in [0.15, 0.2) is 11.4 Å². The van der Waals surface area contributed by atoms with E-state index in [4.69, 9.17) is 16.3 Å². The van der Waals surface area contributed by atoms with E-state index in [1.807, 2.05) is 32.3 Å². The highest BCUT2D eigenvalue weighted by molar-refractivity contribution is 6.32. The molecular weight excluding hydrogens is 678 g/mol. The fourth-order valence-corrected chi connectivity index (χ4v) is 8.15. The molecule has 3 aliphatic rings. The number of H-pyrrole nitrogens is 1. The Bertz CT molecular complexity index is 2090. The van der Waals surface area contributed by atoms with Crippen molar-refractivity contribution >= 4 is 40.3 Å². The number of imide groups is 1. The van der Waals surface area contributed by atoms with Crippen molar-refractivity contribution in [3.63, 3.8) is 0 Å². The maximum Gasteiger partial charge on any atom is 0.234 e. The number of carbonyl (C=O) groups is 2. The molecule has 3 fully saturated rings. The first-order valence-corrected chi connectivity index (χ1v) is 18.5. The van der Waals surface area contributed by atoms with Crippen LogP contribution >= 0.6 is 11.6 Å². The molecule has 270 valence electrons. The number of aromatic nitrogens is 5. The number of hydrogen-bond donors (Lipinski definition) is 2. The first-order chi connectivity index (χ1) is 25.2. The van der Waals surface area contributed by atoms with Gasteiger partial charge < -0.3 is 14.6 Å². The number of fused-ring (bicyclic) bond motifs is 1. The van der Waals surface area contributed by atoms with Crippen molar-refractivity contribution in [3.05, 3.63) is 82.8 Å². The van der Waals surface area contributed by atoms with Gasteiger partial charge in [0, 0.05) is 70.7 Å². The summed E-state index contributed by atoms with van der Waals surface area (Å²) in [6, 6.07) is 17.0. The molecule has 12 nitrogen and oxygen atoms in total. The Morgan fingerprint density at radius 3 is 2.40 bits per heavy atom. The van der Waals surface area contributed by atoms with Gasteiger partial charge in [0.25, 0.3) is 0 Å². The first-order valence-electron chi connectivity index (χ1n) is 18.1. The highest BCUT2D eigenvalue weighted by Gasteiger charge is 2.30. The van der Waals surface area contributed by atoms with Gasteiger partial charge >= 0.3 is 0 Å². The number of carbonyl (C=O) groups excluding carboxylic acids is 2. The number of aromatic amines is 1. The van der Waals surface area contributed by atoms with Crippen LogP contribution in [-0.4, -0.2) is 92.7 Å². The molecule has 0 spiro atoms. The lowest BCUT2D eigenvalue weighted by Crippen LogP contribution is -2.49. The van der Waals surface area contributed by atoms with E-state index < -0.39 is 0 Å². The van der Waals surface area contributed by atoms with E-state index >= 15 is 0 Å². The summed E-state index contributed by atoms with van der Waals surface area (Å²) in [5, 5.41) is 7.32. The zero-order valence-corrected chi connectivity index (χ0v) is 30.6. The number of nitrogens with one attached hydrogen (secondary N) is 2. The van der Waals surface area contributed by atoms with Gasteiger partial charge in [-0.1, -0.05) is 35.9 Å². The second kappa shape index (κ2) is 14.3. The average Bonchev–Trinajstić information content (AvgIpc) is 3.73. The van der Waals surface area contributed by atoms with Gasteiger partial charge in [0.1, 0.15) is 22.1 Å². The van der Waals surface area contributed by atoms with Gasteiger partial charge in [-0.2, -0.15) is 5.10 Å². The van der Waals surface area contributed by atoms with Crippen LogP contribution in [0, 0.1) is 12.8 Å². The van der Waals surface area contributed by atoms with Gasteiger partial charge in [-0.3, -0.25) is 29.4 Å². The largest absolute Gasteiger partial charge is 0.453 e. The quantitative estimate of drug-likeness (QED) is 0.190. The molecule has 0 aliphatic carbocycles. The SMILES string of the molecule is Cc1nn(C)cc1-c1nc2ncc(Cl)c(Oc3ccc(C4CN(CC5CCN(c6ccc([C@H]7CCC(=O)NC7=O)cc6)CC5)CCN4C)cc3)c2[nH]1. The number of ether oxygens (including phenoxy) is 1. The fraction of sp³-hybridized carbons (Fsp3) is 0.410. The molecule has 0 radical (unpaired) electrons. The molecule has 6 heterocycles. The number of aryl methyl sites for hydroxylation is 2. The van der Waals surface area contributed by atoms with Gasteiger partial charge in [0.2, 0.25) is 11.8 Å². The number of nitrogens with zero attached hydrogens (tertiary/aromatic N) is 7. The predicted octanol–water partition coefficient (Wildman–Crippen LogP) is 5.84. The van der Waals surface area contributed by atoms with Crippen molar-refractivity contribution < 1.29 is 14.3 Å². The smallest absolute Gasteiger partial charge is 0.234 e. The van der Waals surface area contributed by atoms with Crippen LogP contribution in [-0.2, 0) is 16.6 Å². The molecule has 0 bridgehead atoms. The number of pyridine rings is 1. The minimum Gasteiger partial charge on any atom is -0.453 e. The predicted molar refractivity (Wildman–Crippen MR) is 201 cm³/mol. The summed E-state index contributed by atoms with van der Waals surface area (Å²) in [4.78, 5) is 43.9. The van der Waals surface area contributed by atoms with Crippen molar-refractivity contribution in [1.82, 2.24) is 39.8 Å². The van der Waals surface area contributed by atoms with Crippen LogP contribution in [0.25, 0.3) is 22.6 Å². The maximum absolute atomic E-state index is 12.3. The van der Waals surface area contributed by atoms with Crippen LogP contribution in [0.3, 0.4) is 0 Å². The van der Waals surface area contributed by atoms with E-state index in [1.165, 1.54) is 11.3 Å². The van der Waals surface area contributed by atoms with Crippen LogP contribution in [0.15, 0.2) is 60.9 Å². The van der Waals surface area contributed by atoms with Crippen molar-refractivity contribution in [2.75, 3.05) is 51.2 Å². The number of piperazine rings is 1. The highest BCUT2D eigenvalue weighted by atomic mass is 35.5. The Hall–Kier alpha value is -4.78. The molecule has 1 unspecified atom stereocenters. The molecule has 52 heavy (non-hydrogen) atoms. The standard InChI is InChI=1S/C39H44ClN9O3/c1-24-31(22-47(3)45-24)37-43-35-36(32(40)20-41-38(35)44-37)52-29-10-6-27(7-11-29)33-23-48(19-18-46(33)2)21-25-14-16-49(17-15-25)28-8-4-26(5-9-28)30-12-13-34(50)42-39(30)51/h4-11,20,22,25,30,33H,12-19,21,23H2,1-3H3,(H,41,43,44)(H,42,50,51)/t30-,33?/m1/s1. The third kappa shape index (κ3) is 7.02. The van der Waals surface area contributed by atoms with E-state index in [2.05, 4.69) is 83.5 Å². The zero-order chi connectivity index (χ0) is 35.9. The second-order valence-electron chi connectivity index (χ2n) is 14.5. The molecule has 3 aromatic heterocycles. The van der Waals surface area contributed by atoms with E-state index in [-0.39, 0.29) is 17.7 Å². The molecule has 3 aliphatic heterocycles. The lowest BCUT2D eigenvalue weighted by molar-refractivity contribution is -0.134. The number of piperidine rings is 2. The van der Waals surface area contributed by atoms with Gasteiger partial charge in [-0.25, -0.2) is 9.97 Å². The third-order valence-electron chi connectivity index (χ3n) is 10.9. The summed E-state index contributed by atoms with van der Waals surface area (Å²) in [6.45, 7) is 8.18. The number of benzene rings is 2. The summed E-state index contributed by atoms with van der Waals surface area (Å²) in [7, 11) is 4.10. The summed E-state index contributed by atoms with van der Waals surface area (Å²) < 4.78 is 8.12. The van der Waals surface area contributed by atoms with Crippen LogP contribution in [0.1, 0.15) is 54.5 Å². The average molecular weight is 722 g/mol. The Balaban J connectivity index is 0.871. The lowest BCUT2D eigenvalue weighted by atomic mass is 9.90. The molecule has 13 heteroatoms. The van der Waals surface area contributed by atoms with Gasteiger partial charge in [-0.05, 0) is 74.5 Å². The topological polar surface area (TPSA) is 125 Å². The van der Waals surface area contributed by atoms with Crippen molar-refractivity contribution in [2.24, 2.45) is 13.0 Å². The zero-order valence-electron chi connectivity index (χ0n) is 29.8. The number of rotatable bonds is 8. The second-order valence-corrected chi connectivity index (χ2v) is 14.9.